The Balaban J connectivity index is 0.000000223. The van der Waals surface area contributed by atoms with Gasteiger partial charge in [0.05, 0.1) is 26.4 Å². The van der Waals surface area contributed by atoms with Gasteiger partial charge in [-0.2, -0.15) is 0 Å². The van der Waals surface area contributed by atoms with Gasteiger partial charge in [-0.1, -0.05) is 0 Å². The van der Waals surface area contributed by atoms with Crippen molar-refractivity contribution in [2.45, 2.75) is 0 Å². The molecule has 0 amide bonds. The van der Waals surface area contributed by atoms with Crippen molar-refractivity contribution in [2.75, 3.05) is 52.6 Å². The number of rotatable bonds is 4. The molecule has 0 aromatic rings. The molecule has 5 heteroatoms. The van der Waals surface area contributed by atoms with Crippen molar-refractivity contribution in [1.29, 1.82) is 0 Å². The summed E-state index contributed by atoms with van der Waals surface area (Å²) < 4.78 is 9.89. The Morgan fingerprint density at radius 2 is 1.62 bits per heavy atom. The van der Waals surface area contributed by atoms with Crippen molar-refractivity contribution in [3.8, 4) is 0 Å². The second-order valence-electron chi connectivity index (χ2n) is 2.55. The number of nitrogens with two attached hydrogens (primary N) is 2. The van der Waals surface area contributed by atoms with E-state index in [0.29, 0.717) is 26.3 Å². The van der Waals surface area contributed by atoms with Crippen LogP contribution in [0, 0.1) is 0 Å². The summed E-state index contributed by atoms with van der Waals surface area (Å²) in [6.07, 6.45) is 0. The summed E-state index contributed by atoms with van der Waals surface area (Å²) in [4.78, 5) is 0. The van der Waals surface area contributed by atoms with Crippen LogP contribution in [0.3, 0.4) is 0 Å². The van der Waals surface area contributed by atoms with Gasteiger partial charge in [-0.15, -0.1) is 0 Å². The van der Waals surface area contributed by atoms with Gasteiger partial charge in [-0.25, -0.2) is 0 Å². The van der Waals surface area contributed by atoms with Crippen molar-refractivity contribution in [3.05, 3.63) is 0 Å². The van der Waals surface area contributed by atoms with Gasteiger partial charge < -0.3 is 26.3 Å². The Hall–Kier alpha value is -0.200. The van der Waals surface area contributed by atoms with Gasteiger partial charge in [-0.05, 0) is 0 Å². The van der Waals surface area contributed by atoms with Gasteiger partial charge in [0.25, 0.3) is 0 Å². The molecule has 1 rings (SSSR count). The minimum atomic E-state index is 0.583. The van der Waals surface area contributed by atoms with Gasteiger partial charge in [0.1, 0.15) is 0 Å². The molecular weight excluding hydrogens is 170 g/mol. The average Bonchev–Trinajstić information content (AvgIpc) is 2.22. The molecule has 1 aliphatic heterocycles. The Kier molecular flexibility index (Phi) is 11.6. The fourth-order valence-electron chi connectivity index (χ4n) is 0.784. The normalized spacial score (nSPS) is 16.2. The van der Waals surface area contributed by atoms with E-state index in [-0.39, 0.29) is 0 Å². The first-order valence-corrected chi connectivity index (χ1v) is 4.68. The smallest absolute Gasteiger partial charge is 0.0591 e. The number of nitrogens with one attached hydrogen (secondary N) is 1. The molecule has 0 radical (unpaired) electrons. The van der Waals surface area contributed by atoms with Crippen LogP contribution in [-0.4, -0.2) is 52.6 Å². The van der Waals surface area contributed by atoms with E-state index in [1.54, 1.807) is 0 Å². The molecule has 5 N–H and O–H groups in total. The van der Waals surface area contributed by atoms with Crippen LogP contribution in [0.25, 0.3) is 0 Å². The molecule has 0 spiro atoms. The summed E-state index contributed by atoms with van der Waals surface area (Å²) in [5.74, 6) is 0. The molecule has 0 aromatic heterocycles. The molecule has 0 aliphatic carbocycles. The van der Waals surface area contributed by atoms with E-state index >= 15 is 0 Å². The van der Waals surface area contributed by atoms with Crippen LogP contribution < -0.4 is 16.8 Å². The lowest BCUT2D eigenvalue weighted by atomic mass is 10.5. The maximum absolute atomic E-state index is 5.10. The molecule has 0 saturated carbocycles. The van der Waals surface area contributed by atoms with Crippen LogP contribution in [0.2, 0.25) is 0 Å². The van der Waals surface area contributed by atoms with Crippen molar-refractivity contribution in [2.24, 2.45) is 11.5 Å². The summed E-state index contributed by atoms with van der Waals surface area (Å²) in [6, 6.07) is 0. The summed E-state index contributed by atoms with van der Waals surface area (Å²) in [7, 11) is 0. The van der Waals surface area contributed by atoms with Crippen LogP contribution in [0.5, 0.6) is 0 Å². The molecule has 0 unspecified atom stereocenters. The van der Waals surface area contributed by atoms with Crippen molar-refractivity contribution in [1.82, 2.24) is 5.32 Å². The van der Waals surface area contributed by atoms with E-state index in [0.717, 1.165) is 26.3 Å². The summed E-state index contributed by atoms with van der Waals surface area (Å²) in [6.45, 7) is 6.24. The third-order valence-corrected chi connectivity index (χ3v) is 1.37. The zero-order valence-corrected chi connectivity index (χ0v) is 8.13. The van der Waals surface area contributed by atoms with Crippen molar-refractivity contribution >= 4 is 0 Å². The van der Waals surface area contributed by atoms with Gasteiger partial charge in [0.15, 0.2) is 0 Å². The predicted octanol–water partition coefficient (Wildman–Crippen LogP) is -1.47. The van der Waals surface area contributed by atoms with E-state index in [4.69, 9.17) is 20.9 Å². The molecule has 80 valence electrons. The fraction of sp³-hybridized carbons (Fsp3) is 1.00. The molecule has 5 nitrogen and oxygen atoms in total. The first-order chi connectivity index (χ1) is 6.41. The third kappa shape index (κ3) is 11.8. The maximum Gasteiger partial charge on any atom is 0.0591 e. The lowest BCUT2D eigenvalue weighted by molar-refractivity contribution is 0.109. The molecule has 0 aromatic carbocycles. The highest BCUT2D eigenvalue weighted by Crippen LogP contribution is 1.76. The highest BCUT2D eigenvalue weighted by Gasteiger charge is 1.92. The second-order valence-corrected chi connectivity index (χ2v) is 2.55. The fourth-order valence-corrected chi connectivity index (χ4v) is 0.784. The molecule has 1 aliphatic rings. The Labute approximate surface area is 79.8 Å². The van der Waals surface area contributed by atoms with Crippen LogP contribution in [0.1, 0.15) is 0 Å². The van der Waals surface area contributed by atoms with Gasteiger partial charge in [0, 0.05) is 26.2 Å². The molecular formula is C8H21N3O2. The van der Waals surface area contributed by atoms with Gasteiger partial charge >= 0.3 is 0 Å². The molecule has 1 heterocycles. The SMILES string of the molecule is C1COCCN1.NCCOCCN. The largest absolute Gasteiger partial charge is 0.379 e. The average molecular weight is 191 g/mol. The molecule has 13 heavy (non-hydrogen) atoms. The third-order valence-electron chi connectivity index (χ3n) is 1.37. The minimum absolute atomic E-state index is 0.583. The molecule has 1 saturated heterocycles. The van der Waals surface area contributed by atoms with Crippen LogP contribution in [0.4, 0.5) is 0 Å². The van der Waals surface area contributed by atoms with E-state index in [1.807, 2.05) is 0 Å². The van der Waals surface area contributed by atoms with E-state index < -0.39 is 0 Å². The quantitative estimate of drug-likeness (QED) is 0.472. The first kappa shape index (κ1) is 12.8. The first-order valence-electron chi connectivity index (χ1n) is 4.68. The summed E-state index contributed by atoms with van der Waals surface area (Å²) in [5.41, 5.74) is 10.2. The highest BCUT2D eigenvalue weighted by atomic mass is 16.5. The highest BCUT2D eigenvalue weighted by molar-refractivity contribution is 4.49. The Morgan fingerprint density at radius 1 is 1.08 bits per heavy atom. The zero-order chi connectivity index (χ0) is 9.78. The van der Waals surface area contributed by atoms with Gasteiger partial charge in [-0.3, -0.25) is 0 Å². The van der Waals surface area contributed by atoms with Crippen LogP contribution in [0.15, 0.2) is 0 Å². The van der Waals surface area contributed by atoms with E-state index in [2.05, 4.69) is 5.32 Å². The van der Waals surface area contributed by atoms with Crippen LogP contribution in [-0.2, 0) is 9.47 Å². The van der Waals surface area contributed by atoms with E-state index in [9.17, 15) is 0 Å². The monoisotopic (exact) mass is 191 g/mol. The van der Waals surface area contributed by atoms with E-state index in [1.165, 1.54) is 0 Å². The second kappa shape index (κ2) is 11.8. The van der Waals surface area contributed by atoms with Crippen LogP contribution >= 0.6 is 0 Å². The number of hydrogen-bond acceptors (Lipinski definition) is 5. The maximum atomic E-state index is 5.10. The predicted molar refractivity (Wildman–Crippen MR) is 52.6 cm³/mol. The molecule has 0 atom stereocenters. The number of ether oxygens (including phenoxy) is 2. The lowest BCUT2D eigenvalue weighted by Gasteiger charge is -2.10. The number of hydrogen-bond donors (Lipinski definition) is 3. The molecule has 1 fully saturated rings. The summed E-state index contributed by atoms with van der Waals surface area (Å²) in [5, 5.41) is 3.16. The van der Waals surface area contributed by atoms with Crippen molar-refractivity contribution < 1.29 is 9.47 Å². The van der Waals surface area contributed by atoms with Crippen molar-refractivity contribution in [3.63, 3.8) is 0 Å². The molecule has 0 bridgehead atoms. The summed E-state index contributed by atoms with van der Waals surface area (Å²) >= 11 is 0. The Morgan fingerprint density at radius 3 is 1.85 bits per heavy atom. The Bertz CT molecular complexity index is 73.9. The lowest BCUT2D eigenvalue weighted by Crippen LogP contribution is -2.30. The zero-order valence-electron chi connectivity index (χ0n) is 8.13. The number of morpholine rings is 1. The topological polar surface area (TPSA) is 82.5 Å². The minimum Gasteiger partial charge on any atom is -0.379 e. The van der Waals surface area contributed by atoms with Gasteiger partial charge in [0.2, 0.25) is 0 Å². The standard InChI is InChI=1S/C4H12N2O.C4H9NO/c5-1-3-7-4-2-6;1-3-6-4-2-5-1/h1-6H2;5H,1-4H2.